The standard InChI is InChI=1S/C15H14ClFN2O2/c1-10(21-14-7-5-11(16)6-8-14)18-15(20)19-13-4-2-3-12(17)9-13/h2-10H,1H3,(H2,18,19,20). The van der Waals surface area contributed by atoms with Crippen molar-refractivity contribution >= 4 is 23.3 Å². The van der Waals surface area contributed by atoms with Crippen LogP contribution in [-0.2, 0) is 0 Å². The maximum absolute atomic E-state index is 13.0. The molecule has 2 N–H and O–H groups in total. The number of benzene rings is 2. The second-order valence-electron chi connectivity index (χ2n) is 4.32. The van der Waals surface area contributed by atoms with Crippen LogP contribution in [-0.4, -0.2) is 12.3 Å². The molecular formula is C15H14ClFN2O2. The zero-order valence-electron chi connectivity index (χ0n) is 11.3. The molecule has 0 radical (unpaired) electrons. The number of carbonyl (C=O) groups excluding carboxylic acids is 1. The predicted molar refractivity (Wildman–Crippen MR) is 80.1 cm³/mol. The van der Waals surface area contributed by atoms with Gasteiger partial charge in [-0.3, -0.25) is 0 Å². The monoisotopic (exact) mass is 308 g/mol. The van der Waals surface area contributed by atoms with E-state index in [1.54, 1.807) is 37.3 Å². The number of urea groups is 1. The zero-order chi connectivity index (χ0) is 15.2. The quantitative estimate of drug-likeness (QED) is 0.838. The topological polar surface area (TPSA) is 50.4 Å². The lowest BCUT2D eigenvalue weighted by atomic mass is 10.3. The van der Waals surface area contributed by atoms with Gasteiger partial charge >= 0.3 is 6.03 Å². The summed E-state index contributed by atoms with van der Waals surface area (Å²) < 4.78 is 18.5. The minimum atomic E-state index is -0.556. The Bertz CT molecular complexity index is 619. The van der Waals surface area contributed by atoms with Crippen molar-refractivity contribution in [2.45, 2.75) is 13.2 Å². The lowest BCUT2D eigenvalue weighted by Crippen LogP contribution is -2.39. The Kier molecular flexibility index (Phi) is 5.00. The molecule has 21 heavy (non-hydrogen) atoms. The Morgan fingerprint density at radius 2 is 1.95 bits per heavy atom. The second kappa shape index (κ2) is 6.95. The number of hydrogen-bond acceptors (Lipinski definition) is 2. The molecule has 0 bridgehead atoms. The van der Waals surface area contributed by atoms with Crippen LogP contribution in [0.25, 0.3) is 0 Å². The van der Waals surface area contributed by atoms with Crippen molar-refractivity contribution in [1.29, 1.82) is 0 Å². The molecule has 0 heterocycles. The first-order chi connectivity index (χ1) is 10.0. The van der Waals surface area contributed by atoms with Crippen LogP contribution < -0.4 is 15.4 Å². The van der Waals surface area contributed by atoms with Crippen LogP contribution in [0.15, 0.2) is 48.5 Å². The van der Waals surface area contributed by atoms with Gasteiger partial charge in [0.05, 0.1) is 0 Å². The number of rotatable bonds is 4. The van der Waals surface area contributed by atoms with Gasteiger partial charge < -0.3 is 15.4 Å². The van der Waals surface area contributed by atoms with Crippen molar-refractivity contribution in [3.05, 3.63) is 59.4 Å². The smallest absolute Gasteiger partial charge is 0.322 e. The SMILES string of the molecule is CC(NC(=O)Nc1cccc(F)c1)Oc1ccc(Cl)cc1. The average Bonchev–Trinajstić information content (AvgIpc) is 2.41. The molecule has 0 saturated carbocycles. The van der Waals surface area contributed by atoms with Gasteiger partial charge in [-0.15, -0.1) is 0 Å². The summed E-state index contributed by atoms with van der Waals surface area (Å²) in [5, 5.41) is 5.70. The number of anilines is 1. The van der Waals surface area contributed by atoms with Crippen LogP contribution in [0.4, 0.5) is 14.9 Å². The molecule has 1 atom stereocenters. The lowest BCUT2D eigenvalue weighted by Gasteiger charge is -2.16. The Hall–Kier alpha value is -2.27. The van der Waals surface area contributed by atoms with E-state index in [1.807, 2.05) is 0 Å². The molecule has 0 saturated heterocycles. The van der Waals surface area contributed by atoms with Gasteiger partial charge in [0.1, 0.15) is 11.6 Å². The lowest BCUT2D eigenvalue weighted by molar-refractivity contribution is 0.183. The second-order valence-corrected chi connectivity index (χ2v) is 4.76. The molecule has 0 aliphatic heterocycles. The Morgan fingerprint density at radius 3 is 2.62 bits per heavy atom. The highest BCUT2D eigenvalue weighted by atomic mass is 35.5. The number of halogens is 2. The predicted octanol–water partition coefficient (Wildman–Crippen LogP) is 4.03. The van der Waals surface area contributed by atoms with Gasteiger partial charge in [0.25, 0.3) is 0 Å². The van der Waals surface area contributed by atoms with Crippen molar-refractivity contribution < 1.29 is 13.9 Å². The number of nitrogens with one attached hydrogen (secondary N) is 2. The normalized spacial score (nSPS) is 11.6. The molecule has 2 aromatic rings. The molecule has 2 rings (SSSR count). The van der Waals surface area contributed by atoms with Gasteiger partial charge in [0, 0.05) is 10.7 Å². The molecule has 1 unspecified atom stereocenters. The molecule has 2 amide bonds. The molecule has 0 aliphatic rings. The molecular weight excluding hydrogens is 295 g/mol. The molecule has 110 valence electrons. The summed E-state index contributed by atoms with van der Waals surface area (Å²) in [4.78, 5) is 11.7. The highest BCUT2D eigenvalue weighted by molar-refractivity contribution is 6.30. The van der Waals surface area contributed by atoms with Crippen LogP contribution >= 0.6 is 11.6 Å². The van der Waals surface area contributed by atoms with E-state index >= 15 is 0 Å². The van der Waals surface area contributed by atoms with Gasteiger partial charge in [-0.25, -0.2) is 9.18 Å². The maximum atomic E-state index is 13.0. The number of carbonyl (C=O) groups is 1. The third-order valence-corrected chi connectivity index (χ3v) is 2.80. The first-order valence-electron chi connectivity index (χ1n) is 6.28. The average molecular weight is 309 g/mol. The molecule has 2 aromatic carbocycles. The number of ether oxygens (including phenoxy) is 1. The van der Waals surface area contributed by atoms with E-state index in [-0.39, 0.29) is 0 Å². The fourth-order valence-electron chi connectivity index (χ4n) is 1.66. The van der Waals surface area contributed by atoms with Crippen molar-refractivity contribution in [2.24, 2.45) is 0 Å². The third kappa shape index (κ3) is 4.96. The van der Waals surface area contributed by atoms with E-state index in [9.17, 15) is 9.18 Å². The van der Waals surface area contributed by atoms with Gasteiger partial charge in [0.15, 0.2) is 6.23 Å². The first kappa shape index (κ1) is 15.1. The molecule has 0 fully saturated rings. The summed E-state index contributed by atoms with van der Waals surface area (Å²) in [6.45, 7) is 1.68. The molecule has 6 heteroatoms. The summed E-state index contributed by atoms with van der Waals surface area (Å²) in [5.41, 5.74) is 0.367. The fourth-order valence-corrected chi connectivity index (χ4v) is 1.79. The Labute approximate surface area is 126 Å². The van der Waals surface area contributed by atoms with Crippen LogP contribution in [0, 0.1) is 5.82 Å². The van der Waals surface area contributed by atoms with Crippen LogP contribution in [0.2, 0.25) is 5.02 Å². The highest BCUT2D eigenvalue weighted by Gasteiger charge is 2.09. The van der Waals surface area contributed by atoms with Crippen molar-refractivity contribution in [3.8, 4) is 5.75 Å². The molecule has 4 nitrogen and oxygen atoms in total. The highest BCUT2D eigenvalue weighted by Crippen LogP contribution is 2.16. The maximum Gasteiger partial charge on any atom is 0.322 e. The summed E-state index contributed by atoms with van der Waals surface area (Å²) >= 11 is 5.77. The Morgan fingerprint density at radius 1 is 1.24 bits per heavy atom. The number of amides is 2. The minimum absolute atomic E-state index is 0.367. The summed E-state index contributed by atoms with van der Waals surface area (Å²) in [6, 6.07) is 11.9. The summed E-state index contributed by atoms with van der Waals surface area (Å²) in [6.07, 6.45) is -0.556. The third-order valence-electron chi connectivity index (χ3n) is 2.54. The van der Waals surface area contributed by atoms with Crippen LogP contribution in [0.5, 0.6) is 5.75 Å². The van der Waals surface area contributed by atoms with Crippen molar-refractivity contribution in [2.75, 3.05) is 5.32 Å². The van der Waals surface area contributed by atoms with Gasteiger partial charge in [-0.2, -0.15) is 0 Å². The van der Waals surface area contributed by atoms with E-state index in [2.05, 4.69) is 10.6 Å². The minimum Gasteiger partial charge on any atom is -0.471 e. The van der Waals surface area contributed by atoms with E-state index in [4.69, 9.17) is 16.3 Å². The van der Waals surface area contributed by atoms with Gasteiger partial charge in [0.2, 0.25) is 0 Å². The van der Waals surface area contributed by atoms with E-state index < -0.39 is 18.1 Å². The largest absolute Gasteiger partial charge is 0.471 e. The van der Waals surface area contributed by atoms with E-state index in [1.165, 1.54) is 18.2 Å². The first-order valence-corrected chi connectivity index (χ1v) is 6.66. The van der Waals surface area contributed by atoms with Gasteiger partial charge in [-0.05, 0) is 49.4 Å². The Balaban J connectivity index is 1.86. The fraction of sp³-hybridized carbons (Fsp3) is 0.133. The molecule has 0 spiro atoms. The summed E-state index contributed by atoms with van der Waals surface area (Å²) in [5.74, 6) is 0.163. The van der Waals surface area contributed by atoms with Crippen LogP contribution in [0.1, 0.15) is 6.92 Å². The van der Waals surface area contributed by atoms with Crippen molar-refractivity contribution in [3.63, 3.8) is 0 Å². The van der Waals surface area contributed by atoms with Gasteiger partial charge in [-0.1, -0.05) is 17.7 Å². The van der Waals surface area contributed by atoms with Crippen LogP contribution in [0.3, 0.4) is 0 Å². The van der Waals surface area contributed by atoms with E-state index in [0.717, 1.165) is 0 Å². The summed E-state index contributed by atoms with van der Waals surface area (Å²) in [7, 11) is 0. The number of hydrogen-bond donors (Lipinski definition) is 2. The molecule has 0 aliphatic carbocycles. The van der Waals surface area contributed by atoms with Crippen molar-refractivity contribution in [1.82, 2.24) is 5.32 Å². The van der Waals surface area contributed by atoms with E-state index in [0.29, 0.717) is 16.5 Å². The molecule has 0 aromatic heterocycles. The zero-order valence-corrected chi connectivity index (χ0v) is 12.0.